The van der Waals surface area contributed by atoms with Crippen molar-refractivity contribution in [1.82, 2.24) is 15.4 Å². The summed E-state index contributed by atoms with van der Waals surface area (Å²) in [5.41, 5.74) is 0. The normalized spacial score (nSPS) is 9.70. The van der Waals surface area contributed by atoms with Gasteiger partial charge >= 0.3 is 0 Å². The molecule has 3 nitrogen and oxygen atoms in total. The zero-order valence-electron chi connectivity index (χ0n) is 5.17. The van der Waals surface area contributed by atoms with Crippen molar-refractivity contribution in [2.75, 3.05) is 5.75 Å². The van der Waals surface area contributed by atoms with Gasteiger partial charge in [-0.3, -0.25) is 0 Å². The summed E-state index contributed by atoms with van der Waals surface area (Å²) in [6.45, 7) is 3.54. The molecule has 5 heteroatoms. The zero-order chi connectivity index (χ0) is 7.40. The van der Waals surface area contributed by atoms with Gasteiger partial charge in [0.15, 0.2) is 0 Å². The first kappa shape index (κ1) is 7.63. The van der Waals surface area contributed by atoms with Gasteiger partial charge in [0.1, 0.15) is 5.03 Å². The van der Waals surface area contributed by atoms with Crippen LogP contribution >= 0.6 is 23.4 Å². The molecule has 0 radical (unpaired) electrons. The number of thioether (sulfide) groups is 1. The predicted octanol–water partition coefficient (Wildman–Crippen LogP) is 1.65. The van der Waals surface area contributed by atoms with E-state index in [0.29, 0.717) is 10.8 Å². The average Bonchev–Trinajstić information content (AvgIpc) is 2.34. The lowest BCUT2D eigenvalue weighted by Crippen LogP contribution is -1.76. The fourth-order valence-corrected chi connectivity index (χ4v) is 1.11. The molecule has 0 aliphatic rings. The molecule has 1 N–H and O–H groups in total. The minimum atomic E-state index is 0.619. The van der Waals surface area contributed by atoms with E-state index in [9.17, 15) is 0 Å². The summed E-state index contributed by atoms with van der Waals surface area (Å²) in [6, 6.07) is 0. The fraction of sp³-hybridized carbons (Fsp3) is 0.200. The van der Waals surface area contributed by atoms with E-state index < -0.39 is 0 Å². The van der Waals surface area contributed by atoms with E-state index in [-0.39, 0.29) is 0 Å². The SMILES string of the molecule is C=C(Cl)CSc1cn[nH]n1. The zero-order valence-corrected chi connectivity index (χ0v) is 6.74. The second-order valence-electron chi connectivity index (χ2n) is 1.61. The molecule has 1 aromatic heterocycles. The molecule has 0 saturated carbocycles. The largest absolute Gasteiger partial charge is 0.197 e. The number of aromatic nitrogens is 3. The molecular formula is C5H6ClN3S. The van der Waals surface area contributed by atoms with E-state index in [1.807, 2.05) is 0 Å². The summed E-state index contributed by atoms with van der Waals surface area (Å²) in [6.07, 6.45) is 1.64. The Kier molecular flexibility index (Phi) is 2.77. The molecule has 0 spiro atoms. The average molecular weight is 176 g/mol. The topological polar surface area (TPSA) is 41.6 Å². The summed E-state index contributed by atoms with van der Waals surface area (Å²) >= 11 is 7.02. The van der Waals surface area contributed by atoms with Crippen LogP contribution in [0.5, 0.6) is 0 Å². The highest BCUT2D eigenvalue weighted by Crippen LogP contribution is 2.16. The molecule has 0 bridgehead atoms. The van der Waals surface area contributed by atoms with E-state index in [1.165, 1.54) is 11.8 Å². The Bertz CT molecular complexity index is 209. The van der Waals surface area contributed by atoms with Crippen LogP contribution in [-0.4, -0.2) is 21.2 Å². The Labute approximate surface area is 67.8 Å². The molecule has 0 aliphatic carbocycles. The lowest BCUT2D eigenvalue weighted by molar-refractivity contribution is 0.911. The van der Waals surface area contributed by atoms with Crippen molar-refractivity contribution in [1.29, 1.82) is 0 Å². The maximum Gasteiger partial charge on any atom is 0.139 e. The van der Waals surface area contributed by atoms with Gasteiger partial charge in [0, 0.05) is 10.8 Å². The van der Waals surface area contributed by atoms with E-state index in [1.54, 1.807) is 6.20 Å². The Balaban J connectivity index is 2.35. The van der Waals surface area contributed by atoms with E-state index in [2.05, 4.69) is 22.0 Å². The molecule has 0 aliphatic heterocycles. The molecule has 1 aromatic rings. The first-order valence-corrected chi connectivity index (χ1v) is 3.97. The molecule has 10 heavy (non-hydrogen) atoms. The van der Waals surface area contributed by atoms with Gasteiger partial charge in [0.2, 0.25) is 0 Å². The lowest BCUT2D eigenvalue weighted by atomic mass is 10.7. The molecule has 0 unspecified atom stereocenters. The highest BCUT2D eigenvalue weighted by Gasteiger charge is 1.95. The first-order valence-electron chi connectivity index (χ1n) is 2.61. The highest BCUT2D eigenvalue weighted by atomic mass is 35.5. The van der Waals surface area contributed by atoms with Crippen molar-refractivity contribution >= 4 is 23.4 Å². The van der Waals surface area contributed by atoms with Gasteiger partial charge in [0.25, 0.3) is 0 Å². The number of halogens is 1. The standard InChI is InChI=1S/C5H6ClN3S/c1-4(6)3-10-5-2-7-9-8-5/h2H,1,3H2,(H,7,8,9). The van der Waals surface area contributed by atoms with Gasteiger partial charge < -0.3 is 0 Å². The Morgan fingerprint density at radius 3 is 3.20 bits per heavy atom. The third-order valence-corrected chi connectivity index (χ3v) is 2.05. The van der Waals surface area contributed by atoms with Crippen LogP contribution in [0.1, 0.15) is 0 Å². The van der Waals surface area contributed by atoms with Crippen LogP contribution in [0.4, 0.5) is 0 Å². The smallest absolute Gasteiger partial charge is 0.139 e. The second-order valence-corrected chi connectivity index (χ2v) is 3.14. The molecular weight excluding hydrogens is 170 g/mol. The van der Waals surface area contributed by atoms with E-state index >= 15 is 0 Å². The molecule has 1 heterocycles. The van der Waals surface area contributed by atoms with Crippen LogP contribution < -0.4 is 0 Å². The van der Waals surface area contributed by atoms with E-state index in [0.717, 1.165) is 5.03 Å². The Morgan fingerprint density at radius 2 is 2.70 bits per heavy atom. The summed E-state index contributed by atoms with van der Waals surface area (Å²) < 4.78 is 0. The fourth-order valence-electron chi connectivity index (χ4n) is 0.413. The van der Waals surface area contributed by atoms with Gasteiger partial charge in [-0.2, -0.15) is 10.3 Å². The number of hydrogen-bond donors (Lipinski definition) is 1. The summed E-state index contributed by atoms with van der Waals surface area (Å²) in [4.78, 5) is 0. The number of H-pyrrole nitrogens is 1. The van der Waals surface area contributed by atoms with Gasteiger partial charge in [-0.1, -0.05) is 29.9 Å². The Hall–Kier alpha value is -0.480. The van der Waals surface area contributed by atoms with Gasteiger partial charge in [-0.15, -0.1) is 5.10 Å². The summed E-state index contributed by atoms with van der Waals surface area (Å²) in [7, 11) is 0. The van der Waals surface area contributed by atoms with Gasteiger partial charge in [0.05, 0.1) is 6.20 Å². The van der Waals surface area contributed by atoms with Crippen molar-refractivity contribution in [3.8, 4) is 0 Å². The number of nitrogens with one attached hydrogen (secondary N) is 1. The maximum atomic E-state index is 5.52. The van der Waals surface area contributed by atoms with Crippen molar-refractivity contribution in [2.24, 2.45) is 0 Å². The van der Waals surface area contributed by atoms with Crippen molar-refractivity contribution in [3.05, 3.63) is 17.8 Å². The van der Waals surface area contributed by atoms with E-state index in [4.69, 9.17) is 11.6 Å². The van der Waals surface area contributed by atoms with Crippen molar-refractivity contribution in [2.45, 2.75) is 5.03 Å². The van der Waals surface area contributed by atoms with Gasteiger partial charge in [-0.05, 0) is 0 Å². The second kappa shape index (κ2) is 3.63. The van der Waals surface area contributed by atoms with Crippen LogP contribution in [0, 0.1) is 0 Å². The van der Waals surface area contributed by atoms with Crippen LogP contribution in [0.15, 0.2) is 22.8 Å². The minimum absolute atomic E-state index is 0.619. The molecule has 0 fully saturated rings. The number of rotatable bonds is 3. The third-order valence-electron chi connectivity index (χ3n) is 0.770. The van der Waals surface area contributed by atoms with Crippen LogP contribution in [0.3, 0.4) is 0 Å². The summed E-state index contributed by atoms with van der Waals surface area (Å²) in [5, 5.41) is 11.4. The maximum absolute atomic E-state index is 5.52. The Morgan fingerprint density at radius 1 is 1.90 bits per heavy atom. The van der Waals surface area contributed by atoms with Crippen molar-refractivity contribution < 1.29 is 0 Å². The molecule has 0 atom stereocenters. The molecule has 0 amide bonds. The molecule has 1 rings (SSSR count). The van der Waals surface area contributed by atoms with Crippen molar-refractivity contribution in [3.63, 3.8) is 0 Å². The quantitative estimate of drug-likeness (QED) is 0.711. The van der Waals surface area contributed by atoms with Crippen LogP contribution in [0.2, 0.25) is 0 Å². The summed E-state index contributed by atoms with van der Waals surface area (Å²) in [5.74, 6) is 0.675. The first-order chi connectivity index (χ1) is 4.79. The third kappa shape index (κ3) is 2.41. The minimum Gasteiger partial charge on any atom is -0.197 e. The number of hydrogen-bond acceptors (Lipinski definition) is 3. The predicted molar refractivity (Wildman–Crippen MR) is 42.1 cm³/mol. The van der Waals surface area contributed by atoms with Crippen LogP contribution in [0.25, 0.3) is 0 Å². The lowest BCUT2D eigenvalue weighted by Gasteiger charge is -1.90. The molecule has 0 saturated heterocycles. The van der Waals surface area contributed by atoms with Gasteiger partial charge in [-0.25, -0.2) is 0 Å². The van der Waals surface area contributed by atoms with Crippen LogP contribution in [-0.2, 0) is 0 Å². The monoisotopic (exact) mass is 175 g/mol. The number of nitrogens with zero attached hydrogens (tertiary/aromatic N) is 2. The highest BCUT2D eigenvalue weighted by molar-refractivity contribution is 7.99. The number of aromatic amines is 1. The molecule has 0 aromatic carbocycles. The molecule has 54 valence electrons.